The molecule has 118 valence electrons. The summed E-state index contributed by atoms with van der Waals surface area (Å²) < 4.78 is 6.23. The van der Waals surface area contributed by atoms with Gasteiger partial charge in [0.1, 0.15) is 0 Å². The van der Waals surface area contributed by atoms with Crippen LogP contribution in [0.3, 0.4) is 0 Å². The number of thiophene rings is 1. The first-order valence-electron chi connectivity index (χ1n) is 6.85. The third-order valence-electron chi connectivity index (χ3n) is 3.34. The van der Waals surface area contributed by atoms with E-state index < -0.39 is 0 Å². The topological polar surface area (TPSA) is 56.0 Å². The Morgan fingerprint density at radius 3 is 2.74 bits per heavy atom. The van der Waals surface area contributed by atoms with Gasteiger partial charge in [0, 0.05) is 5.56 Å². The first-order valence-corrected chi connectivity index (χ1v) is 9.03. The molecule has 0 saturated heterocycles. The van der Waals surface area contributed by atoms with Gasteiger partial charge < -0.3 is 4.42 Å². The second-order valence-electron chi connectivity index (χ2n) is 4.99. The fraction of sp³-hybridized carbons (Fsp3) is 0.188. The number of benzene rings is 1. The number of carbonyl (C=O) groups is 1. The van der Waals surface area contributed by atoms with Crippen LogP contribution in [0.15, 0.2) is 40.0 Å². The number of halogens is 1. The van der Waals surface area contributed by atoms with E-state index in [-0.39, 0.29) is 11.5 Å². The number of hydrogen-bond acceptors (Lipinski definition) is 6. The van der Waals surface area contributed by atoms with Crippen molar-refractivity contribution in [3.05, 3.63) is 50.7 Å². The van der Waals surface area contributed by atoms with Gasteiger partial charge in [-0.15, -0.1) is 21.5 Å². The summed E-state index contributed by atoms with van der Waals surface area (Å²) in [6, 6.07) is 9.42. The highest BCUT2D eigenvalue weighted by Gasteiger charge is 2.14. The van der Waals surface area contributed by atoms with Crippen LogP contribution < -0.4 is 0 Å². The minimum Gasteiger partial charge on any atom is -0.411 e. The summed E-state index contributed by atoms with van der Waals surface area (Å²) in [7, 11) is 0. The van der Waals surface area contributed by atoms with Crippen molar-refractivity contribution >= 4 is 40.5 Å². The molecule has 1 aromatic carbocycles. The summed E-state index contributed by atoms with van der Waals surface area (Å²) in [5, 5.41) is 8.42. The van der Waals surface area contributed by atoms with E-state index in [1.54, 1.807) is 12.1 Å². The predicted octanol–water partition coefficient (Wildman–Crippen LogP) is 5.04. The van der Waals surface area contributed by atoms with Crippen LogP contribution in [-0.4, -0.2) is 21.7 Å². The van der Waals surface area contributed by atoms with E-state index in [0.717, 1.165) is 5.56 Å². The quantitative estimate of drug-likeness (QED) is 0.468. The molecule has 2 aromatic heterocycles. The van der Waals surface area contributed by atoms with Crippen LogP contribution in [0.25, 0.3) is 11.5 Å². The second kappa shape index (κ2) is 6.86. The number of aryl methyl sites for hydroxylation is 2. The SMILES string of the molecule is Cc1ccc(-c2nnc(SCC(=O)c3ccc(Cl)s3)o2)cc1C. The summed E-state index contributed by atoms with van der Waals surface area (Å²) >= 11 is 8.34. The summed E-state index contributed by atoms with van der Waals surface area (Å²) in [4.78, 5) is 12.7. The Morgan fingerprint density at radius 1 is 1.22 bits per heavy atom. The highest BCUT2D eigenvalue weighted by atomic mass is 35.5. The van der Waals surface area contributed by atoms with Crippen LogP contribution in [0, 0.1) is 13.8 Å². The second-order valence-corrected chi connectivity index (χ2v) is 7.63. The summed E-state index contributed by atoms with van der Waals surface area (Å²) in [6.07, 6.45) is 0. The minimum atomic E-state index is -0.00201. The van der Waals surface area contributed by atoms with Crippen molar-refractivity contribution < 1.29 is 9.21 Å². The Labute approximate surface area is 146 Å². The van der Waals surface area contributed by atoms with Crippen LogP contribution >= 0.6 is 34.7 Å². The van der Waals surface area contributed by atoms with Gasteiger partial charge in [0.15, 0.2) is 5.78 Å². The van der Waals surface area contributed by atoms with Gasteiger partial charge in [-0.3, -0.25) is 4.79 Å². The van der Waals surface area contributed by atoms with Crippen molar-refractivity contribution in [1.82, 2.24) is 10.2 Å². The number of Topliss-reactive ketones (excluding diaryl/α,β-unsaturated/α-hetero) is 1. The molecule has 0 N–H and O–H groups in total. The zero-order valence-electron chi connectivity index (χ0n) is 12.5. The van der Waals surface area contributed by atoms with E-state index >= 15 is 0 Å². The maximum atomic E-state index is 12.0. The van der Waals surface area contributed by atoms with E-state index in [0.29, 0.717) is 20.3 Å². The van der Waals surface area contributed by atoms with Crippen molar-refractivity contribution in [3.63, 3.8) is 0 Å². The van der Waals surface area contributed by atoms with Crippen molar-refractivity contribution in [3.8, 4) is 11.5 Å². The standard InChI is InChI=1S/C16H13ClN2O2S2/c1-9-3-4-11(7-10(9)2)15-18-19-16(21-15)22-8-12(20)13-5-6-14(17)23-13/h3-7H,8H2,1-2H3. The zero-order chi connectivity index (χ0) is 16.4. The molecule has 0 fully saturated rings. The van der Waals surface area contributed by atoms with Crippen LogP contribution in [0.1, 0.15) is 20.8 Å². The maximum Gasteiger partial charge on any atom is 0.277 e. The third-order valence-corrected chi connectivity index (χ3v) is 5.43. The lowest BCUT2D eigenvalue weighted by Gasteiger charge is -2.00. The number of thioether (sulfide) groups is 1. The molecule has 3 aromatic rings. The number of rotatable bonds is 5. The van der Waals surface area contributed by atoms with Crippen LogP contribution in [0.4, 0.5) is 0 Å². The van der Waals surface area contributed by atoms with Gasteiger partial charge in [-0.2, -0.15) is 0 Å². The first-order chi connectivity index (χ1) is 11.0. The highest BCUT2D eigenvalue weighted by Crippen LogP contribution is 2.27. The number of nitrogens with zero attached hydrogens (tertiary/aromatic N) is 2. The Balaban J connectivity index is 1.67. The lowest BCUT2D eigenvalue weighted by Crippen LogP contribution is -1.98. The Kier molecular flexibility index (Phi) is 4.84. The van der Waals surface area contributed by atoms with Crippen molar-refractivity contribution in [2.45, 2.75) is 19.1 Å². The van der Waals surface area contributed by atoms with Crippen LogP contribution in [0.5, 0.6) is 0 Å². The van der Waals surface area contributed by atoms with Crippen molar-refractivity contribution in [1.29, 1.82) is 0 Å². The van der Waals surface area contributed by atoms with E-state index in [1.165, 1.54) is 34.2 Å². The Hall–Kier alpha value is -1.63. The fourth-order valence-electron chi connectivity index (χ4n) is 1.92. The molecular weight excluding hydrogens is 352 g/mol. The molecule has 2 heterocycles. The Morgan fingerprint density at radius 2 is 2.04 bits per heavy atom. The largest absolute Gasteiger partial charge is 0.411 e. The smallest absolute Gasteiger partial charge is 0.277 e. The minimum absolute atomic E-state index is 0.00201. The van der Waals surface area contributed by atoms with E-state index in [4.69, 9.17) is 16.0 Å². The zero-order valence-corrected chi connectivity index (χ0v) is 14.9. The van der Waals surface area contributed by atoms with Gasteiger partial charge in [0.2, 0.25) is 5.89 Å². The lowest BCUT2D eigenvalue weighted by molar-refractivity contribution is 0.102. The highest BCUT2D eigenvalue weighted by molar-refractivity contribution is 7.99. The lowest BCUT2D eigenvalue weighted by atomic mass is 10.1. The number of aromatic nitrogens is 2. The van der Waals surface area contributed by atoms with Crippen molar-refractivity contribution in [2.24, 2.45) is 0 Å². The fourth-order valence-corrected chi connectivity index (χ4v) is 3.64. The van der Waals surface area contributed by atoms with Gasteiger partial charge in [-0.05, 0) is 49.2 Å². The van der Waals surface area contributed by atoms with Crippen LogP contribution in [0.2, 0.25) is 4.34 Å². The molecule has 0 radical (unpaired) electrons. The summed E-state index contributed by atoms with van der Waals surface area (Å²) in [6.45, 7) is 4.09. The first kappa shape index (κ1) is 16.2. The summed E-state index contributed by atoms with van der Waals surface area (Å²) in [5.41, 5.74) is 3.26. The molecule has 4 nitrogen and oxygen atoms in total. The monoisotopic (exact) mass is 364 g/mol. The molecule has 7 heteroatoms. The molecule has 0 aliphatic rings. The molecule has 23 heavy (non-hydrogen) atoms. The van der Waals surface area contributed by atoms with Gasteiger partial charge in [0.05, 0.1) is 15.0 Å². The van der Waals surface area contributed by atoms with Crippen LogP contribution in [-0.2, 0) is 0 Å². The number of hydrogen-bond donors (Lipinski definition) is 0. The predicted molar refractivity (Wildman–Crippen MR) is 93.6 cm³/mol. The maximum absolute atomic E-state index is 12.0. The molecule has 0 spiro atoms. The number of carbonyl (C=O) groups excluding carboxylic acids is 1. The van der Waals surface area contributed by atoms with Gasteiger partial charge in [-0.1, -0.05) is 29.4 Å². The Bertz CT molecular complexity index is 857. The van der Waals surface area contributed by atoms with Gasteiger partial charge >= 0.3 is 0 Å². The molecule has 0 unspecified atom stereocenters. The molecular formula is C16H13ClN2O2S2. The molecule has 3 rings (SSSR count). The molecule has 0 amide bonds. The molecule has 0 atom stereocenters. The van der Waals surface area contributed by atoms with Gasteiger partial charge in [-0.25, -0.2) is 0 Å². The molecule has 0 saturated carbocycles. The summed E-state index contributed by atoms with van der Waals surface area (Å²) in [5.74, 6) is 0.700. The molecule has 0 aliphatic carbocycles. The van der Waals surface area contributed by atoms with Crippen molar-refractivity contribution in [2.75, 3.05) is 5.75 Å². The van der Waals surface area contributed by atoms with E-state index in [2.05, 4.69) is 17.1 Å². The van der Waals surface area contributed by atoms with Gasteiger partial charge in [0.25, 0.3) is 5.22 Å². The van der Waals surface area contributed by atoms with E-state index in [9.17, 15) is 4.79 Å². The van der Waals surface area contributed by atoms with E-state index in [1.807, 2.05) is 25.1 Å². The molecule has 0 bridgehead atoms. The third kappa shape index (κ3) is 3.83. The average molecular weight is 365 g/mol. The molecule has 0 aliphatic heterocycles. The average Bonchev–Trinajstić information content (AvgIpc) is 3.17. The normalized spacial score (nSPS) is 10.9. The number of ketones is 1.